The van der Waals surface area contributed by atoms with Crippen molar-refractivity contribution in [1.82, 2.24) is 23.7 Å². The van der Waals surface area contributed by atoms with Gasteiger partial charge in [0.05, 0.1) is 25.8 Å². The van der Waals surface area contributed by atoms with Crippen LogP contribution in [0.5, 0.6) is 11.6 Å². The average Bonchev–Trinajstić information content (AvgIpc) is 3.73. The molecule has 6 aromatic rings. The maximum atomic E-state index is 13.0. The highest BCUT2D eigenvalue weighted by Gasteiger charge is 2.30. The van der Waals surface area contributed by atoms with E-state index in [2.05, 4.69) is 20.5 Å². The number of hydrogen-bond donors (Lipinski definition) is 1. The molecule has 7 rings (SSSR count). The first-order valence-electron chi connectivity index (χ1n) is 15.9. The smallest absolute Gasteiger partial charge is 0.408 e. The second kappa shape index (κ2) is 13.8. The quantitative estimate of drug-likeness (QED) is 0.133. The number of benzene rings is 2. The highest BCUT2D eigenvalue weighted by atomic mass is 35.5. The first-order chi connectivity index (χ1) is 23.9. The molecule has 0 radical (unpaired) electrons. The predicted molar refractivity (Wildman–Crippen MR) is 185 cm³/mol. The van der Waals surface area contributed by atoms with Gasteiger partial charge in [0.15, 0.2) is 0 Å². The third kappa shape index (κ3) is 6.99. The first kappa shape index (κ1) is 34.1. The Balaban J connectivity index is 1.19. The summed E-state index contributed by atoms with van der Waals surface area (Å²) in [7, 11) is 0. The molecule has 0 amide bonds. The molecule has 1 N–H and O–H groups in total. The number of ether oxygens (including phenoxy) is 2. The Labute approximate surface area is 298 Å². The molecule has 1 saturated carbocycles. The molecule has 50 heavy (non-hydrogen) atoms. The normalized spacial score (nSPS) is 14.3. The van der Waals surface area contributed by atoms with E-state index in [-0.39, 0.29) is 24.6 Å². The second-order valence-corrected chi connectivity index (χ2v) is 14.0. The summed E-state index contributed by atoms with van der Waals surface area (Å²) in [5, 5.41) is 16.6. The van der Waals surface area contributed by atoms with Gasteiger partial charge in [-0.3, -0.25) is 9.25 Å². The number of carboxylic acid groups (broad SMARTS) is 1. The van der Waals surface area contributed by atoms with Gasteiger partial charge in [0.2, 0.25) is 12.0 Å². The summed E-state index contributed by atoms with van der Waals surface area (Å²) in [5.74, 6) is -0.167. The van der Waals surface area contributed by atoms with E-state index in [1.807, 2.05) is 17.6 Å². The van der Waals surface area contributed by atoms with Crippen molar-refractivity contribution in [3.63, 3.8) is 0 Å². The minimum absolute atomic E-state index is 0.0797. The molecule has 1 aliphatic rings. The van der Waals surface area contributed by atoms with Crippen LogP contribution in [0.1, 0.15) is 41.8 Å². The van der Waals surface area contributed by atoms with Gasteiger partial charge in [-0.1, -0.05) is 60.7 Å². The molecule has 0 spiro atoms. The van der Waals surface area contributed by atoms with E-state index in [1.54, 1.807) is 36.5 Å². The Morgan fingerprint density at radius 2 is 1.94 bits per heavy atom. The zero-order valence-corrected chi connectivity index (χ0v) is 28.9. The van der Waals surface area contributed by atoms with E-state index >= 15 is 0 Å². The van der Waals surface area contributed by atoms with Gasteiger partial charge in [-0.05, 0) is 72.3 Å². The van der Waals surface area contributed by atoms with E-state index < -0.39 is 24.8 Å². The molecule has 4 aromatic heterocycles. The van der Waals surface area contributed by atoms with Crippen molar-refractivity contribution in [3.05, 3.63) is 93.5 Å². The van der Waals surface area contributed by atoms with Crippen molar-refractivity contribution < 1.29 is 32.5 Å². The number of aromatic nitrogens is 5. The molecule has 1 fully saturated rings. The van der Waals surface area contributed by atoms with E-state index in [0.717, 1.165) is 62.8 Å². The summed E-state index contributed by atoms with van der Waals surface area (Å²) >= 11 is 14.2. The highest BCUT2D eigenvalue weighted by molar-refractivity contribution is 7.13. The van der Waals surface area contributed by atoms with Crippen molar-refractivity contribution in [2.45, 2.75) is 64.5 Å². The number of carbonyl (C=O) groups is 1. The predicted octanol–water partition coefficient (Wildman–Crippen LogP) is 9.01. The maximum absolute atomic E-state index is 13.0. The van der Waals surface area contributed by atoms with Crippen LogP contribution < -0.4 is 9.47 Å². The molecule has 0 aliphatic heterocycles. The minimum Gasteiger partial charge on any atom is -0.487 e. The Kier molecular flexibility index (Phi) is 9.40. The lowest BCUT2D eigenvalue weighted by Gasteiger charge is -2.26. The van der Waals surface area contributed by atoms with Crippen LogP contribution in [0.2, 0.25) is 10.0 Å². The standard InChI is InChI=1S/C35H30Cl2F3N5O4S/c1-19-31(37)26-14-23(36)16-41-32(26)45(19)25-12-22(11-20-5-4-6-20)30-29(15-25)50-43-33(30)49-28(34(46)47)13-21-7-2-3-8-27(21)48-17-24-9-10-42-44(24)18-35(38,39)40/h2-3,7-10,12,14-16,20,28H,4-6,11,13,17-18H2,1H3,(H,46,47)/t28-/m1/s1. The van der Waals surface area contributed by atoms with Crippen LogP contribution in [0, 0.1) is 12.8 Å². The topological polar surface area (TPSA) is 104 Å². The molecule has 0 unspecified atom stereocenters. The average molecular weight is 745 g/mol. The maximum Gasteiger partial charge on any atom is 0.408 e. The van der Waals surface area contributed by atoms with Gasteiger partial charge in [-0.2, -0.15) is 22.6 Å². The Hall–Kier alpha value is -4.33. The number of para-hydroxylation sites is 1. The fourth-order valence-corrected chi connectivity index (χ4v) is 7.48. The fraction of sp³-hybridized carbons (Fsp3) is 0.314. The van der Waals surface area contributed by atoms with Crippen molar-refractivity contribution in [2.24, 2.45) is 5.92 Å². The van der Waals surface area contributed by atoms with Crippen molar-refractivity contribution in [3.8, 4) is 17.3 Å². The summed E-state index contributed by atoms with van der Waals surface area (Å²) in [6, 6.07) is 14.1. The number of fused-ring (bicyclic) bond motifs is 2. The van der Waals surface area contributed by atoms with Gasteiger partial charge in [0.25, 0.3) is 0 Å². The fourth-order valence-electron chi connectivity index (χ4n) is 6.30. The molecular formula is C35H30Cl2F3N5O4S. The van der Waals surface area contributed by atoms with Gasteiger partial charge in [0.1, 0.15) is 24.5 Å². The zero-order valence-electron chi connectivity index (χ0n) is 26.6. The summed E-state index contributed by atoms with van der Waals surface area (Å²) in [6.07, 6.45) is 1.13. The number of carboxylic acids is 1. The monoisotopic (exact) mass is 743 g/mol. The number of nitrogens with zero attached hydrogens (tertiary/aromatic N) is 5. The number of aliphatic carboxylic acids is 1. The van der Waals surface area contributed by atoms with Crippen LogP contribution in [0.15, 0.2) is 60.9 Å². The molecule has 9 nitrogen and oxygen atoms in total. The molecule has 4 heterocycles. The Bertz CT molecular complexity index is 2210. The third-order valence-electron chi connectivity index (χ3n) is 8.95. The number of alkyl halides is 3. The van der Waals surface area contributed by atoms with E-state index in [1.165, 1.54) is 23.8 Å². The number of halogens is 5. The minimum atomic E-state index is -4.45. The highest BCUT2D eigenvalue weighted by Crippen LogP contribution is 2.41. The van der Waals surface area contributed by atoms with Gasteiger partial charge in [-0.25, -0.2) is 9.78 Å². The lowest BCUT2D eigenvalue weighted by atomic mass is 9.80. The summed E-state index contributed by atoms with van der Waals surface area (Å²) < 4.78 is 59.3. The van der Waals surface area contributed by atoms with Crippen molar-refractivity contribution in [2.75, 3.05) is 0 Å². The molecular weight excluding hydrogens is 714 g/mol. The van der Waals surface area contributed by atoms with Gasteiger partial charge in [-0.15, -0.1) is 0 Å². The summed E-state index contributed by atoms with van der Waals surface area (Å²) in [6.45, 7) is 0.479. The summed E-state index contributed by atoms with van der Waals surface area (Å²) in [5.41, 5.74) is 4.05. The van der Waals surface area contributed by atoms with Crippen LogP contribution in [0.4, 0.5) is 13.2 Å². The Morgan fingerprint density at radius 1 is 1.14 bits per heavy atom. The van der Waals surface area contributed by atoms with E-state index in [4.69, 9.17) is 32.7 Å². The van der Waals surface area contributed by atoms with Crippen molar-refractivity contribution in [1.29, 1.82) is 0 Å². The van der Waals surface area contributed by atoms with Crippen LogP contribution in [-0.2, 0) is 30.8 Å². The number of hydrogen-bond acceptors (Lipinski definition) is 7. The molecule has 2 aromatic carbocycles. The lowest BCUT2D eigenvalue weighted by molar-refractivity contribution is -0.145. The molecule has 260 valence electrons. The Morgan fingerprint density at radius 3 is 2.68 bits per heavy atom. The molecule has 1 atom stereocenters. The van der Waals surface area contributed by atoms with E-state index in [0.29, 0.717) is 32.9 Å². The van der Waals surface area contributed by atoms with Crippen LogP contribution in [-0.4, -0.2) is 47.1 Å². The number of rotatable bonds is 12. The van der Waals surface area contributed by atoms with Gasteiger partial charge in [0, 0.05) is 35.6 Å². The van der Waals surface area contributed by atoms with Crippen LogP contribution in [0.3, 0.4) is 0 Å². The SMILES string of the molecule is Cc1c(Cl)c2cc(Cl)cnc2n1-c1cc(CC2CCC2)c2c(O[C@H](Cc3ccccc3OCc3ccnn3CC(F)(F)F)C(=O)O)nsc2c1. The molecule has 0 bridgehead atoms. The summed E-state index contributed by atoms with van der Waals surface area (Å²) in [4.78, 5) is 17.2. The van der Waals surface area contributed by atoms with Crippen LogP contribution in [0.25, 0.3) is 26.8 Å². The third-order valence-corrected chi connectivity index (χ3v) is 10.4. The van der Waals surface area contributed by atoms with Gasteiger partial charge >= 0.3 is 12.1 Å². The zero-order chi connectivity index (χ0) is 35.2. The lowest BCUT2D eigenvalue weighted by Crippen LogP contribution is -2.30. The molecule has 0 saturated heterocycles. The first-order valence-corrected chi connectivity index (χ1v) is 17.4. The number of pyridine rings is 1. The van der Waals surface area contributed by atoms with Crippen molar-refractivity contribution >= 4 is 61.8 Å². The van der Waals surface area contributed by atoms with E-state index in [9.17, 15) is 23.1 Å². The molecule has 1 aliphatic carbocycles. The van der Waals surface area contributed by atoms with Crippen LogP contribution >= 0.6 is 34.7 Å². The second-order valence-electron chi connectivity index (χ2n) is 12.4. The van der Waals surface area contributed by atoms with Gasteiger partial charge < -0.3 is 14.6 Å². The molecule has 15 heteroatoms. The largest absolute Gasteiger partial charge is 0.487 e.